The molecule has 0 fully saturated rings. The minimum absolute atomic E-state index is 0.0907. The van der Waals surface area contributed by atoms with Crippen molar-refractivity contribution in [2.75, 3.05) is 4.72 Å². The Labute approximate surface area is 159 Å². The lowest BCUT2D eigenvalue weighted by atomic mass is 10.1. The molecule has 0 amide bonds. The lowest BCUT2D eigenvalue weighted by Crippen LogP contribution is -2.14. The Morgan fingerprint density at radius 3 is 2.07 bits per heavy atom. The van der Waals surface area contributed by atoms with Crippen molar-refractivity contribution in [3.05, 3.63) is 65.2 Å². The van der Waals surface area contributed by atoms with Gasteiger partial charge in [-0.15, -0.1) is 0 Å². The highest BCUT2D eigenvalue weighted by Crippen LogP contribution is 2.29. The molecule has 0 radical (unpaired) electrons. The second kappa shape index (κ2) is 6.86. The lowest BCUT2D eigenvalue weighted by molar-refractivity contribution is 0.0696. The number of anilines is 1. The van der Waals surface area contributed by atoms with E-state index in [0.29, 0.717) is 16.3 Å². The van der Waals surface area contributed by atoms with Crippen LogP contribution in [-0.4, -0.2) is 35.7 Å². The van der Waals surface area contributed by atoms with E-state index in [4.69, 9.17) is 10.2 Å². The van der Waals surface area contributed by atoms with Crippen molar-refractivity contribution in [3.8, 4) is 5.75 Å². The molecule has 9 heteroatoms. The number of sulfonamides is 1. The Hall–Kier alpha value is -3.59. The summed E-state index contributed by atoms with van der Waals surface area (Å²) in [6, 6.07) is 10.3. The van der Waals surface area contributed by atoms with Gasteiger partial charge in [0, 0.05) is 0 Å². The van der Waals surface area contributed by atoms with Gasteiger partial charge in [-0.3, -0.25) is 4.72 Å². The fourth-order valence-corrected chi connectivity index (χ4v) is 3.84. The number of benzene rings is 3. The van der Waals surface area contributed by atoms with Crippen LogP contribution in [0.15, 0.2) is 53.4 Å². The van der Waals surface area contributed by atoms with Gasteiger partial charge in [-0.1, -0.05) is 12.1 Å². The first-order chi connectivity index (χ1) is 13.1. The molecule has 3 aromatic rings. The molecule has 0 heterocycles. The van der Waals surface area contributed by atoms with E-state index in [1.165, 1.54) is 18.2 Å². The molecule has 3 aromatic carbocycles. The summed E-state index contributed by atoms with van der Waals surface area (Å²) in [5, 5.41) is 29.2. The van der Waals surface area contributed by atoms with Gasteiger partial charge in [-0.2, -0.15) is 0 Å². The van der Waals surface area contributed by atoms with Crippen LogP contribution in [-0.2, 0) is 10.0 Å². The van der Waals surface area contributed by atoms with E-state index in [1.54, 1.807) is 19.1 Å². The lowest BCUT2D eigenvalue weighted by Gasteiger charge is -2.11. The van der Waals surface area contributed by atoms with Crippen LogP contribution in [0.2, 0.25) is 0 Å². The summed E-state index contributed by atoms with van der Waals surface area (Å²) in [6.45, 7) is 1.70. The standard InChI is InChI=1S/C19H15NO7S/c1-10-16-4-3-15(9-11(16)2-5-17(10)21)28(26,27)20-14-7-12(18(22)23)6-13(8-14)19(24)25/h2-9,20-21H,1H3,(H,22,23)(H,24,25). The van der Waals surface area contributed by atoms with E-state index in [0.717, 1.165) is 18.2 Å². The van der Waals surface area contributed by atoms with Gasteiger partial charge in [0.1, 0.15) is 5.75 Å². The SMILES string of the molecule is Cc1c(O)ccc2cc(S(=O)(=O)Nc3cc(C(=O)O)cc(C(=O)O)c3)ccc12. The molecule has 28 heavy (non-hydrogen) atoms. The second-order valence-corrected chi connectivity index (χ2v) is 7.79. The number of aromatic carboxylic acids is 2. The zero-order valence-corrected chi connectivity index (χ0v) is 15.3. The molecule has 8 nitrogen and oxygen atoms in total. The first kappa shape index (κ1) is 19.2. The van der Waals surface area contributed by atoms with Gasteiger partial charge in [0.05, 0.1) is 21.7 Å². The van der Waals surface area contributed by atoms with Crippen molar-refractivity contribution in [1.82, 2.24) is 0 Å². The average molecular weight is 401 g/mol. The highest BCUT2D eigenvalue weighted by molar-refractivity contribution is 7.92. The molecule has 0 aliphatic rings. The molecule has 0 atom stereocenters. The number of phenolic OH excluding ortho intramolecular Hbond substituents is 1. The maximum Gasteiger partial charge on any atom is 0.335 e. The molecule has 0 unspecified atom stereocenters. The minimum Gasteiger partial charge on any atom is -0.508 e. The fraction of sp³-hybridized carbons (Fsp3) is 0.0526. The van der Waals surface area contributed by atoms with Gasteiger partial charge < -0.3 is 15.3 Å². The van der Waals surface area contributed by atoms with Crippen LogP contribution in [0.5, 0.6) is 5.75 Å². The van der Waals surface area contributed by atoms with Crippen molar-refractivity contribution >= 4 is 38.4 Å². The molecule has 4 N–H and O–H groups in total. The van der Waals surface area contributed by atoms with Crippen LogP contribution >= 0.6 is 0 Å². The van der Waals surface area contributed by atoms with Crippen LogP contribution in [0.4, 0.5) is 5.69 Å². The molecular weight excluding hydrogens is 386 g/mol. The Kier molecular flexibility index (Phi) is 4.70. The smallest absolute Gasteiger partial charge is 0.335 e. The summed E-state index contributed by atoms with van der Waals surface area (Å²) >= 11 is 0. The predicted molar refractivity (Wildman–Crippen MR) is 102 cm³/mol. The molecule has 144 valence electrons. The third kappa shape index (κ3) is 3.60. The number of phenols is 1. The summed E-state index contributed by atoms with van der Waals surface area (Å²) in [7, 11) is -4.11. The number of aryl methyl sites for hydroxylation is 1. The highest BCUT2D eigenvalue weighted by Gasteiger charge is 2.18. The Morgan fingerprint density at radius 2 is 1.50 bits per heavy atom. The van der Waals surface area contributed by atoms with Crippen LogP contribution < -0.4 is 4.72 Å². The number of nitrogens with one attached hydrogen (secondary N) is 1. The molecule has 0 bridgehead atoms. The number of hydrogen-bond acceptors (Lipinski definition) is 5. The molecule has 0 aromatic heterocycles. The maximum atomic E-state index is 12.7. The number of fused-ring (bicyclic) bond motifs is 1. The van der Waals surface area contributed by atoms with Gasteiger partial charge in [-0.05, 0) is 59.7 Å². The minimum atomic E-state index is -4.11. The third-order valence-electron chi connectivity index (χ3n) is 4.22. The zero-order valence-electron chi connectivity index (χ0n) is 14.5. The summed E-state index contributed by atoms with van der Waals surface area (Å²) < 4.78 is 27.6. The van der Waals surface area contributed by atoms with Gasteiger partial charge >= 0.3 is 11.9 Å². The normalized spacial score (nSPS) is 11.3. The van der Waals surface area contributed by atoms with E-state index in [9.17, 15) is 23.1 Å². The number of aromatic hydroxyl groups is 1. The third-order valence-corrected chi connectivity index (χ3v) is 5.60. The summed E-state index contributed by atoms with van der Waals surface area (Å²) in [5.74, 6) is -2.68. The number of carboxylic acid groups (broad SMARTS) is 2. The molecule has 0 aliphatic heterocycles. The Bertz CT molecular complexity index is 1200. The first-order valence-electron chi connectivity index (χ1n) is 7.95. The highest BCUT2D eigenvalue weighted by atomic mass is 32.2. The van der Waals surface area contributed by atoms with Gasteiger partial charge in [0.25, 0.3) is 10.0 Å². The van der Waals surface area contributed by atoms with Crippen molar-refractivity contribution in [2.45, 2.75) is 11.8 Å². The summed E-state index contributed by atoms with van der Waals surface area (Å²) in [4.78, 5) is 22.3. The number of carboxylic acids is 2. The van der Waals surface area contributed by atoms with E-state index < -0.39 is 22.0 Å². The molecule has 0 aliphatic carbocycles. The van der Waals surface area contributed by atoms with Gasteiger partial charge in [0.15, 0.2) is 0 Å². The van der Waals surface area contributed by atoms with E-state index in [1.807, 2.05) is 0 Å². The van der Waals surface area contributed by atoms with E-state index in [-0.39, 0.29) is 27.5 Å². The molecule has 0 spiro atoms. The fourth-order valence-electron chi connectivity index (χ4n) is 2.77. The Morgan fingerprint density at radius 1 is 0.893 bits per heavy atom. The number of carbonyl (C=O) groups is 2. The van der Waals surface area contributed by atoms with E-state index in [2.05, 4.69) is 4.72 Å². The van der Waals surface area contributed by atoms with Gasteiger partial charge in [0.2, 0.25) is 0 Å². The topological polar surface area (TPSA) is 141 Å². The Balaban J connectivity index is 2.05. The summed E-state index contributed by atoms with van der Waals surface area (Å²) in [5.41, 5.74) is -0.293. The quantitative estimate of drug-likeness (QED) is 0.515. The number of rotatable bonds is 5. The number of hydrogen-bond donors (Lipinski definition) is 4. The van der Waals surface area contributed by atoms with Crippen LogP contribution in [0, 0.1) is 6.92 Å². The predicted octanol–water partition coefficient (Wildman–Crippen LogP) is 3.05. The second-order valence-electron chi connectivity index (χ2n) is 6.11. The van der Waals surface area contributed by atoms with Crippen LogP contribution in [0.25, 0.3) is 10.8 Å². The van der Waals surface area contributed by atoms with Crippen molar-refractivity contribution < 1.29 is 33.3 Å². The average Bonchev–Trinajstić information content (AvgIpc) is 2.63. The molecule has 0 saturated heterocycles. The largest absolute Gasteiger partial charge is 0.508 e. The van der Waals surface area contributed by atoms with Gasteiger partial charge in [-0.25, -0.2) is 18.0 Å². The zero-order chi connectivity index (χ0) is 20.6. The molecule has 0 saturated carbocycles. The molecular formula is C19H15NO7S. The molecule has 3 rings (SSSR count). The van der Waals surface area contributed by atoms with Crippen LogP contribution in [0.3, 0.4) is 0 Å². The monoisotopic (exact) mass is 401 g/mol. The van der Waals surface area contributed by atoms with Crippen molar-refractivity contribution in [1.29, 1.82) is 0 Å². The van der Waals surface area contributed by atoms with Crippen LogP contribution in [0.1, 0.15) is 26.3 Å². The van der Waals surface area contributed by atoms with Crippen molar-refractivity contribution in [2.24, 2.45) is 0 Å². The first-order valence-corrected chi connectivity index (χ1v) is 9.43. The maximum absolute atomic E-state index is 12.7. The van der Waals surface area contributed by atoms with Crippen molar-refractivity contribution in [3.63, 3.8) is 0 Å². The van der Waals surface area contributed by atoms with E-state index >= 15 is 0 Å². The summed E-state index contributed by atoms with van der Waals surface area (Å²) in [6.07, 6.45) is 0.